The van der Waals surface area contributed by atoms with Crippen molar-refractivity contribution in [1.29, 1.82) is 0 Å². The molecule has 5 heteroatoms. The first-order chi connectivity index (χ1) is 8.74. The van der Waals surface area contributed by atoms with Crippen LogP contribution >= 0.6 is 27.3 Å². The average molecular weight is 328 g/mol. The fourth-order valence-corrected chi connectivity index (χ4v) is 2.86. The van der Waals surface area contributed by atoms with E-state index in [0.717, 1.165) is 39.3 Å². The maximum Gasteiger partial charge on any atom is 0.128 e. The summed E-state index contributed by atoms with van der Waals surface area (Å²) in [5.41, 5.74) is 1.91. The highest BCUT2D eigenvalue weighted by molar-refractivity contribution is 9.10. The average Bonchev–Trinajstić information content (AvgIpc) is 2.85. The van der Waals surface area contributed by atoms with Gasteiger partial charge in [0.15, 0.2) is 0 Å². The lowest BCUT2D eigenvalue weighted by molar-refractivity contribution is 0.288. The Morgan fingerprint density at radius 3 is 3.00 bits per heavy atom. The lowest BCUT2D eigenvalue weighted by atomic mass is 10.1. The molecule has 0 aliphatic carbocycles. The van der Waals surface area contributed by atoms with Gasteiger partial charge in [0, 0.05) is 28.4 Å². The van der Waals surface area contributed by atoms with Crippen molar-refractivity contribution in [1.82, 2.24) is 4.98 Å². The smallest absolute Gasteiger partial charge is 0.128 e. The van der Waals surface area contributed by atoms with Gasteiger partial charge in [-0.25, -0.2) is 4.98 Å². The third-order valence-corrected chi connectivity index (χ3v) is 3.94. The fraction of sp³-hybridized carbons (Fsp3) is 0.308. The van der Waals surface area contributed by atoms with Gasteiger partial charge in [-0.3, -0.25) is 0 Å². The van der Waals surface area contributed by atoms with Crippen molar-refractivity contribution in [2.45, 2.75) is 12.8 Å². The van der Waals surface area contributed by atoms with Crippen LogP contribution in [0.1, 0.15) is 11.4 Å². The Kier molecular flexibility index (Phi) is 4.74. The number of methoxy groups -OCH3 is 1. The van der Waals surface area contributed by atoms with Crippen LogP contribution in [0.25, 0.3) is 11.3 Å². The number of ether oxygens (including phenoxy) is 1. The molecule has 0 saturated carbocycles. The van der Waals surface area contributed by atoms with Crippen LogP contribution in [0.3, 0.4) is 0 Å². The highest BCUT2D eigenvalue weighted by Crippen LogP contribution is 2.33. The number of hydrogen-bond acceptors (Lipinski definition) is 4. The summed E-state index contributed by atoms with van der Waals surface area (Å²) in [7, 11) is 1.66. The molecule has 0 bridgehead atoms. The number of aliphatic hydroxyl groups is 1. The van der Waals surface area contributed by atoms with Gasteiger partial charge in [0.05, 0.1) is 17.8 Å². The van der Waals surface area contributed by atoms with E-state index in [-0.39, 0.29) is 6.61 Å². The number of aromatic nitrogens is 1. The summed E-state index contributed by atoms with van der Waals surface area (Å²) < 4.78 is 6.35. The van der Waals surface area contributed by atoms with Crippen LogP contribution in [-0.2, 0) is 6.42 Å². The molecule has 0 unspecified atom stereocenters. The Balaban J connectivity index is 2.30. The Morgan fingerprint density at radius 1 is 1.44 bits per heavy atom. The van der Waals surface area contributed by atoms with Crippen molar-refractivity contribution >= 4 is 27.3 Å². The topological polar surface area (TPSA) is 42.4 Å². The third kappa shape index (κ3) is 3.10. The number of halogens is 1. The molecule has 1 N–H and O–H groups in total. The minimum Gasteiger partial charge on any atom is -0.496 e. The molecular formula is C13H14BrNO2S. The van der Waals surface area contributed by atoms with Gasteiger partial charge in [-0.2, -0.15) is 0 Å². The standard InChI is InChI=1S/C13H14BrNO2S/c1-17-12-5-4-9(14)7-10(12)11-8-18-13(15-11)3-2-6-16/h4-5,7-8,16H,2-3,6H2,1H3. The first-order valence-electron chi connectivity index (χ1n) is 5.63. The van der Waals surface area contributed by atoms with E-state index < -0.39 is 0 Å². The number of aliphatic hydroxyl groups excluding tert-OH is 1. The first kappa shape index (κ1) is 13.5. The Bertz CT molecular complexity index is 527. The van der Waals surface area contributed by atoms with E-state index in [0.29, 0.717) is 0 Å². The van der Waals surface area contributed by atoms with Crippen LogP contribution in [0.2, 0.25) is 0 Å². The normalized spacial score (nSPS) is 10.6. The van der Waals surface area contributed by atoms with Crippen molar-refractivity contribution in [3.05, 3.63) is 33.1 Å². The molecule has 0 fully saturated rings. The number of thiazole rings is 1. The van der Waals surface area contributed by atoms with Gasteiger partial charge < -0.3 is 9.84 Å². The third-order valence-electron chi connectivity index (χ3n) is 2.54. The number of rotatable bonds is 5. The van der Waals surface area contributed by atoms with Crippen molar-refractivity contribution in [2.75, 3.05) is 13.7 Å². The molecule has 1 aromatic heterocycles. The molecule has 1 aromatic carbocycles. The van der Waals surface area contributed by atoms with E-state index in [9.17, 15) is 0 Å². The van der Waals surface area contributed by atoms with E-state index >= 15 is 0 Å². The van der Waals surface area contributed by atoms with Crippen LogP contribution in [0.15, 0.2) is 28.1 Å². The molecule has 0 saturated heterocycles. The molecule has 1 heterocycles. The molecule has 0 aliphatic heterocycles. The number of nitrogens with zero attached hydrogens (tertiary/aromatic N) is 1. The van der Waals surface area contributed by atoms with Crippen LogP contribution in [0, 0.1) is 0 Å². The molecule has 2 aromatic rings. The molecular weight excluding hydrogens is 314 g/mol. The van der Waals surface area contributed by atoms with Crippen LogP contribution < -0.4 is 4.74 Å². The molecule has 0 spiro atoms. The van der Waals surface area contributed by atoms with Crippen LogP contribution in [-0.4, -0.2) is 23.8 Å². The monoisotopic (exact) mass is 327 g/mol. The maximum atomic E-state index is 8.82. The zero-order valence-electron chi connectivity index (χ0n) is 10.0. The summed E-state index contributed by atoms with van der Waals surface area (Å²) in [5.74, 6) is 0.817. The summed E-state index contributed by atoms with van der Waals surface area (Å²) in [4.78, 5) is 4.57. The van der Waals surface area contributed by atoms with Gasteiger partial charge in [-0.15, -0.1) is 11.3 Å². The summed E-state index contributed by atoms with van der Waals surface area (Å²) in [5, 5.41) is 11.9. The molecule has 0 radical (unpaired) electrons. The molecule has 0 amide bonds. The fourth-order valence-electron chi connectivity index (χ4n) is 1.66. The Morgan fingerprint density at radius 2 is 2.28 bits per heavy atom. The van der Waals surface area contributed by atoms with Gasteiger partial charge in [0.1, 0.15) is 5.75 Å². The zero-order valence-corrected chi connectivity index (χ0v) is 12.4. The van der Waals surface area contributed by atoms with Gasteiger partial charge >= 0.3 is 0 Å². The molecule has 0 atom stereocenters. The largest absolute Gasteiger partial charge is 0.496 e. The lowest BCUT2D eigenvalue weighted by Gasteiger charge is -2.06. The SMILES string of the molecule is COc1ccc(Br)cc1-c1csc(CCCO)n1. The second-order valence-corrected chi connectivity index (χ2v) is 5.66. The molecule has 2 rings (SSSR count). The molecule has 3 nitrogen and oxygen atoms in total. The van der Waals surface area contributed by atoms with E-state index in [1.54, 1.807) is 18.4 Å². The van der Waals surface area contributed by atoms with Gasteiger partial charge in [-0.05, 0) is 24.6 Å². The highest BCUT2D eigenvalue weighted by Gasteiger charge is 2.10. The van der Waals surface area contributed by atoms with E-state index in [4.69, 9.17) is 9.84 Å². The predicted octanol–water partition coefficient (Wildman–Crippen LogP) is 3.51. The summed E-state index contributed by atoms with van der Waals surface area (Å²) in [6.07, 6.45) is 1.57. The summed E-state index contributed by atoms with van der Waals surface area (Å²) in [6, 6.07) is 5.87. The van der Waals surface area contributed by atoms with Crippen molar-refractivity contribution in [3.63, 3.8) is 0 Å². The second-order valence-electron chi connectivity index (χ2n) is 3.80. The van der Waals surface area contributed by atoms with Gasteiger partial charge in [-0.1, -0.05) is 15.9 Å². The van der Waals surface area contributed by atoms with E-state index in [1.807, 2.05) is 23.6 Å². The van der Waals surface area contributed by atoms with Crippen molar-refractivity contribution in [2.24, 2.45) is 0 Å². The summed E-state index contributed by atoms with van der Waals surface area (Å²) in [6.45, 7) is 0.203. The predicted molar refractivity (Wildman–Crippen MR) is 77.2 cm³/mol. The minimum atomic E-state index is 0.203. The molecule has 0 aliphatic rings. The maximum absolute atomic E-state index is 8.82. The Labute approximate surface area is 119 Å². The van der Waals surface area contributed by atoms with Crippen LogP contribution in [0.4, 0.5) is 0 Å². The quantitative estimate of drug-likeness (QED) is 0.913. The highest BCUT2D eigenvalue weighted by atomic mass is 79.9. The second kappa shape index (κ2) is 6.31. The molecule has 96 valence electrons. The Hall–Kier alpha value is -0.910. The number of hydrogen-bond donors (Lipinski definition) is 1. The summed E-state index contributed by atoms with van der Waals surface area (Å²) >= 11 is 5.07. The zero-order chi connectivity index (χ0) is 13.0. The lowest BCUT2D eigenvalue weighted by Crippen LogP contribution is -1.90. The molecule has 18 heavy (non-hydrogen) atoms. The van der Waals surface area contributed by atoms with Gasteiger partial charge in [0.25, 0.3) is 0 Å². The number of benzene rings is 1. The first-order valence-corrected chi connectivity index (χ1v) is 7.31. The minimum absolute atomic E-state index is 0.203. The van der Waals surface area contributed by atoms with Crippen molar-refractivity contribution in [3.8, 4) is 17.0 Å². The van der Waals surface area contributed by atoms with Gasteiger partial charge in [0.2, 0.25) is 0 Å². The number of aryl methyl sites for hydroxylation is 1. The van der Waals surface area contributed by atoms with E-state index in [1.165, 1.54) is 0 Å². The van der Waals surface area contributed by atoms with Crippen LogP contribution in [0.5, 0.6) is 5.75 Å². The van der Waals surface area contributed by atoms with E-state index in [2.05, 4.69) is 20.9 Å². The van der Waals surface area contributed by atoms with Crippen molar-refractivity contribution < 1.29 is 9.84 Å².